The number of likely N-dealkylation sites (N-methyl/N-ethyl adjacent to an activating group) is 1. The molecular formula is C15H33N3. The van der Waals surface area contributed by atoms with E-state index in [4.69, 9.17) is 0 Å². The number of likely N-dealkylation sites (tertiary alicyclic amines) is 1. The van der Waals surface area contributed by atoms with Gasteiger partial charge in [-0.15, -0.1) is 0 Å². The minimum atomic E-state index is 0.745. The van der Waals surface area contributed by atoms with Gasteiger partial charge >= 0.3 is 0 Å². The lowest BCUT2D eigenvalue weighted by atomic mass is 9.94. The highest BCUT2D eigenvalue weighted by molar-refractivity contribution is 4.82. The van der Waals surface area contributed by atoms with Crippen molar-refractivity contribution in [3.63, 3.8) is 0 Å². The fourth-order valence-corrected chi connectivity index (χ4v) is 2.89. The molecule has 108 valence electrons. The molecule has 0 amide bonds. The zero-order valence-corrected chi connectivity index (χ0v) is 12.9. The van der Waals surface area contributed by atoms with Gasteiger partial charge in [-0.05, 0) is 44.9 Å². The van der Waals surface area contributed by atoms with Crippen molar-refractivity contribution in [2.24, 2.45) is 5.92 Å². The van der Waals surface area contributed by atoms with Crippen LogP contribution in [-0.2, 0) is 0 Å². The molecule has 18 heavy (non-hydrogen) atoms. The van der Waals surface area contributed by atoms with E-state index in [9.17, 15) is 0 Å². The van der Waals surface area contributed by atoms with Crippen LogP contribution in [0.25, 0.3) is 0 Å². The molecule has 1 aliphatic rings. The van der Waals surface area contributed by atoms with E-state index in [-0.39, 0.29) is 0 Å². The summed E-state index contributed by atoms with van der Waals surface area (Å²) in [4.78, 5) is 5.17. The quantitative estimate of drug-likeness (QED) is 0.716. The maximum atomic E-state index is 3.69. The topological polar surface area (TPSA) is 18.5 Å². The van der Waals surface area contributed by atoms with E-state index in [2.05, 4.69) is 42.8 Å². The fourth-order valence-electron chi connectivity index (χ4n) is 2.89. The second-order valence-electron chi connectivity index (χ2n) is 5.65. The summed E-state index contributed by atoms with van der Waals surface area (Å²) < 4.78 is 0. The zero-order valence-electron chi connectivity index (χ0n) is 12.9. The first-order valence-electron chi connectivity index (χ1n) is 7.89. The maximum Gasteiger partial charge on any atom is 0.0117 e. The number of hydrogen-bond acceptors (Lipinski definition) is 3. The second kappa shape index (κ2) is 8.89. The Morgan fingerprint density at radius 3 is 2.50 bits per heavy atom. The predicted octanol–water partition coefficient (Wildman–Crippen LogP) is 2.04. The first kappa shape index (κ1) is 15.9. The van der Waals surface area contributed by atoms with Crippen LogP contribution in [0.5, 0.6) is 0 Å². The molecule has 1 saturated heterocycles. The van der Waals surface area contributed by atoms with Crippen molar-refractivity contribution < 1.29 is 0 Å². The molecule has 1 aliphatic heterocycles. The SMILES string of the molecule is CCCNC1CCN(CCN(CC)CC)CC1C. The Morgan fingerprint density at radius 2 is 1.94 bits per heavy atom. The van der Waals surface area contributed by atoms with Crippen molar-refractivity contribution in [3.8, 4) is 0 Å². The van der Waals surface area contributed by atoms with Gasteiger partial charge in [0.25, 0.3) is 0 Å². The molecular weight excluding hydrogens is 222 g/mol. The van der Waals surface area contributed by atoms with E-state index in [0.29, 0.717) is 0 Å². The van der Waals surface area contributed by atoms with Crippen molar-refractivity contribution in [3.05, 3.63) is 0 Å². The van der Waals surface area contributed by atoms with Gasteiger partial charge in [0.2, 0.25) is 0 Å². The van der Waals surface area contributed by atoms with Crippen LogP contribution >= 0.6 is 0 Å². The van der Waals surface area contributed by atoms with Gasteiger partial charge in [0.15, 0.2) is 0 Å². The standard InChI is InChI=1S/C15H33N3/c1-5-9-16-15-8-10-18(13-14(15)4)12-11-17(6-2)7-3/h14-16H,5-13H2,1-4H3. The van der Waals surface area contributed by atoms with Gasteiger partial charge in [-0.2, -0.15) is 0 Å². The summed E-state index contributed by atoms with van der Waals surface area (Å²) >= 11 is 0. The van der Waals surface area contributed by atoms with Crippen molar-refractivity contribution in [1.29, 1.82) is 0 Å². The van der Waals surface area contributed by atoms with E-state index in [0.717, 1.165) is 12.0 Å². The predicted molar refractivity (Wildman–Crippen MR) is 80.1 cm³/mol. The first-order chi connectivity index (χ1) is 8.71. The van der Waals surface area contributed by atoms with Gasteiger partial charge in [-0.1, -0.05) is 27.7 Å². The lowest BCUT2D eigenvalue weighted by Gasteiger charge is -2.38. The molecule has 0 radical (unpaired) electrons. The second-order valence-corrected chi connectivity index (χ2v) is 5.65. The molecule has 2 atom stereocenters. The normalized spacial score (nSPS) is 25.8. The maximum absolute atomic E-state index is 3.69. The Kier molecular flexibility index (Phi) is 7.87. The molecule has 3 heteroatoms. The van der Waals surface area contributed by atoms with Crippen LogP contribution in [-0.4, -0.2) is 61.7 Å². The average Bonchev–Trinajstić information content (AvgIpc) is 2.39. The van der Waals surface area contributed by atoms with Crippen LogP contribution in [0.1, 0.15) is 40.5 Å². The Balaban J connectivity index is 2.23. The molecule has 0 saturated carbocycles. The minimum absolute atomic E-state index is 0.745. The lowest BCUT2D eigenvalue weighted by Crippen LogP contribution is -2.50. The Hall–Kier alpha value is -0.120. The minimum Gasteiger partial charge on any atom is -0.314 e. The first-order valence-corrected chi connectivity index (χ1v) is 7.89. The van der Waals surface area contributed by atoms with Crippen LogP contribution in [0.4, 0.5) is 0 Å². The van der Waals surface area contributed by atoms with Crippen molar-refractivity contribution in [2.75, 3.05) is 45.8 Å². The van der Waals surface area contributed by atoms with Crippen molar-refractivity contribution in [2.45, 2.75) is 46.6 Å². The number of nitrogens with zero attached hydrogens (tertiary/aromatic N) is 2. The van der Waals surface area contributed by atoms with Gasteiger partial charge in [0.05, 0.1) is 0 Å². The molecule has 0 spiro atoms. The smallest absolute Gasteiger partial charge is 0.0117 e. The third-order valence-corrected chi connectivity index (χ3v) is 4.27. The highest BCUT2D eigenvalue weighted by atomic mass is 15.2. The summed E-state index contributed by atoms with van der Waals surface area (Å²) in [6.45, 7) is 17.7. The van der Waals surface area contributed by atoms with Crippen LogP contribution in [0.3, 0.4) is 0 Å². The van der Waals surface area contributed by atoms with Crippen LogP contribution in [0, 0.1) is 5.92 Å². The van der Waals surface area contributed by atoms with Crippen LogP contribution < -0.4 is 5.32 Å². The van der Waals surface area contributed by atoms with Crippen molar-refractivity contribution >= 4 is 0 Å². The van der Waals surface area contributed by atoms with Crippen LogP contribution in [0.2, 0.25) is 0 Å². The van der Waals surface area contributed by atoms with Gasteiger partial charge in [0, 0.05) is 25.7 Å². The number of piperidine rings is 1. The summed E-state index contributed by atoms with van der Waals surface area (Å²) in [5, 5.41) is 3.69. The molecule has 3 nitrogen and oxygen atoms in total. The van der Waals surface area contributed by atoms with Gasteiger partial charge in [-0.3, -0.25) is 0 Å². The van der Waals surface area contributed by atoms with E-state index in [1.54, 1.807) is 0 Å². The molecule has 2 unspecified atom stereocenters. The monoisotopic (exact) mass is 255 g/mol. The fraction of sp³-hybridized carbons (Fsp3) is 1.00. The molecule has 1 heterocycles. The van der Waals surface area contributed by atoms with Crippen LogP contribution in [0.15, 0.2) is 0 Å². The number of rotatable bonds is 8. The molecule has 0 aliphatic carbocycles. The largest absolute Gasteiger partial charge is 0.314 e. The summed E-state index contributed by atoms with van der Waals surface area (Å²) in [5.74, 6) is 0.794. The molecule has 0 aromatic heterocycles. The van der Waals surface area contributed by atoms with Gasteiger partial charge in [-0.25, -0.2) is 0 Å². The molecule has 0 aromatic carbocycles. The Labute approximate surface area is 114 Å². The molecule has 1 N–H and O–H groups in total. The molecule has 0 aromatic rings. The molecule has 0 bridgehead atoms. The van der Waals surface area contributed by atoms with Gasteiger partial charge < -0.3 is 15.1 Å². The molecule has 1 rings (SSSR count). The Bertz CT molecular complexity index is 204. The summed E-state index contributed by atoms with van der Waals surface area (Å²) in [6, 6.07) is 0.745. The van der Waals surface area contributed by atoms with Crippen molar-refractivity contribution in [1.82, 2.24) is 15.1 Å². The van der Waals surface area contributed by atoms with E-state index < -0.39 is 0 Å². The third-order valence-electron chi connectivity index (χ3n) is 4.27. The lowest BCUT2D eigenvalue weighted by molar-refractivity contribution is 0.131. The molecule has 1 fully saturated rings. The number of hydrogen-bond donors (Lipinski definition) is 1. The third kappa shape index (κ3) is 5.25. The Morgan fingerprint density at radius 1 is 1.22 bits per heavy atom. The summed E-state index contributed by atoms with van der Waals surface area (Å²) in [5.41, 5.74) is 0. The average molecular weight is 255 g/mol. The zero-order chi connectivity index (χ0) is 13.4. The highest BCUT2D eigenvalue weighted by Gasteiger charge is 2.25. The van der Waals surface area contributed by atoms with E-state index in [1.807, 2.05) is 0 Å². The summed E-state index contributed by atoms with van der Waals surface area (Å²) in [6.07, 6.45) is 2.56. The summed E-state index contributed by atoms with van der Waals surface area (Å²) in [7, 11) is 0. The van der Waals surface area contributed by atoms with E-state index >= 15 is 0 Å². The highest BCUT2D eigenvalue weighted by Crippen LogP contribution is 2.16. The van der Waals surface area contributed by atoms with Gasteiger partial charge in [0.1, 0.15) is 0 Å². The number of nitrogens with one attached hydrogen (secondary N) is 1. The van der Waals surface area contributed by atoms with E-state index in [1.165, 1.54) is 58.7 Å².